The number of hydrogen-bond acceptors (Lipinski definition) is 4. The molecule has 13 rings (SSSR count). The van der Waals surface area contributed by atoms with Gasteiger partial charge in [-0.1, -0.05) is 146 Å². The molecule has 1 atom stereocenters. The molecule has 0 spiro atoms. The van der Waals surface area contributed by atoms with Crippen molar-refractivity contribution in [2.24, 2.45) is 17.8 Å². The van der Waals surface area contributed by atoms with E-state index >= 15 is 0 Å². The third-order valence-corrected chi connectivity index (χ3v) is 14.4. The number of rotatable bonds is 6. The summed E-state index contributed by atoms with van der Waals surface area (Å²) >= 11 is 0. The normalized spacial score (nSPS) is 23.5. The SMILES string of the molecule is N#Cc1cccc2cc(-c3nc(-c4ccccc4)nc(-c4ccc5c(c4)-c4ccccc4C5(c4ccccc4)c4ccc(C56C[C@H]7C[C@H](C5)C[C@@H](C6)C7)cc4)n3)ccc12. The van der Waals surface area contributed by atoms with Crippen LogP contribution in [-0.4, -0.2) is 15.0 Å². The first-order valence-electron chi connectivity index (χ1n) is 21.2. The second kappa shape index (κ2) is 13.2. The van der Waals surface area contributed by atoms with Crippen LogP contribution in [0.4, 0.5) is 0 Å². The molecule has 8 aromatic rings. The van der Waals surface area contributed by atoms with Gasteiger partial charge in [0.1, 0.15) is 0 Å². The lowest BCUT2D eigenvalue weighted by molar-refractivity contribution is -0.00519. The maximum absolute atomic E-state index is 9.75. The monoisotopic (exact) mass is 758 g/mol. The smallest absolute Gasteiger partial charge is 0.164 e. The molecule has 4 saturated carbocycles. The van der Waals surface area contributed by atoms with E-state index in [2.05, 4.69) is 109 Å². The van der Waals surface area contributed by atoms with Crippen LogP contribution in [-0.2, 0) is 10.8 Å². The second-order valence-electron chi connectivity index (χ2n) is 17.7. The summed E-state index contributed by atoms with van der Waals surface area (Å²) < 4.78 is 0. The van der Waals surface area contributed by atoms with Crippen LogP contribution in [0, 0.1) is 29.1 Å². The second-order valence-corrected chi connectivity index (χ2v) is 17.7. The third kappa shape index (κ3) is 5.31. The van der Waals surface area contributed by atoms with Crippen molar-refractivity contribution in [3.63, 3.8) is 0 Å². The highest BCUT2D eigenvalue weighted by Crippen LogP contribution is 2.61. The van der Waals surface area contributed by atoms with Crippen LogP contribution in [0.5, 0.6) is 0 Å². The van der Waals surface area contributed by atoms with Gasteiger partial charge in [0.25, 0.3) is 0 Å². The standard InChI is InChI=1S/C55H42N4/c56-34-42-13-9-12-39-29-40(18-24-46(39)42)52-57-51(38-10-3-1-4-11-38)58-53(59-52)41-19-25-50-48(30-41)47-16-7-8-17-49(47)55(50,44-14-5-2-6-15-44)45-22-20-43(21-23-45)54-31-35-26-36(32-54)28-37(27-35)33-54/h1-25,29-30,35-37H,26-28,31-33H2/t35-,36-,37-,54?,55?. The molecule has 4 heteroatoms. The van der Waals surface area contributed by atoms with Crippen molar-refractivity contribution in [2.45, 2.75) is 49.4 Å². The molecule has 4 fully saturated rings. The summed E-state index contributed by atoms with van der Waals surface area (Å²) in [7, 11) is 0. The van der Waals surface area contributed by atoms with Crippen LogP contribution >= 0.6 is 0 Å². The summed E-state index contributed by atoms with van der Waals surface area (Å²) in [6.45, 7) is 0. The fraction of sp³-hybridized carbons (Fsp3) is 0.200. The predicted molar refractivity (Wildman–Crippen MR) is 236 cm³/mol. The third-order valence-electron chi connectivity index (χ3n) is 14.4. The van der Waals surface area contributed by atoms with Gasteiger partial charge < -0.3 is 0 Å². The van der Waals surface area contributed by atoms with Gasteiger partial charge in [-0.3, -0.25) is 0 Å². The van der Waals surface area contributed by atoms with Gasteiger partial charge in [0.05, 0.1) is 17.0 Å². The Morgan fingerprint density at radius 1 is 0.458 bits per heavy atom. The zero-order valence-electron chi connectivity index (χ0n) is 32.9. The fourth-order valence-electron chi connectivity index (χ4n) is 12.3. The van der Waals surface area contributed by atoms with E-state index in [4.69, 9.17) is 15.0 Å². The predicted octanol–water partition coefficient (Wildman–Crippen LogP) is 12.7. The van der Waals surface area contributed by atoms with Gasteiger partial charge >= 0.3 is 0 Å². The number of fused-ring (bicyclic) bond motifs is 4. The van der Waals surface area contributed by atoms with E-state index in [0.717, 1.165) is 45.2 Å². The summed E-state index contributed by atoms with van der Waals surface area (Å²) in [5.41, 5.74) is 12.4. The van der Waals surface area contributed by atoms with E-state index < -0.39 is 5.41 Å². The summed E-state index contributed by atoms with van der Waals surface area (Å²) in [5.74, 6) is 4.57. The Hall–Kier alpha value is -6.70. The average molecular weight is 759 g/mol. The van der Waals surface area contributed by atoms with Crippen LogP contribution in [0.2, 0.25) is 0 Å². The molecular formula is C55H42N4. The Labute approximate surface area is 345 Å². The van der Waals surface area contributed by atoms with Crippen LogP contribution in [0.3, 0.4) is 0 Å². The van der Waals surface area contributed by atoms with Crippen LogP contribution in [0.15, 0.2) is 164 Å². The Balaban J connectivity index is 1.02. The fourth-order valence-corrected chi connectivity index (χ4v) is 12.3. The van der Waals surface area contributed by atoms with Crippen molar-refractivity contribution < 1.29 is 0 Å². The molecule has 0 saturated heterocycles. The van der Waals surface area contributed by atoms with Crippen molar-refractivity contribution in [1.82, 2.24) is 15.0 Å². The maximum atomic E-state index is 9.75. The lowest BCUT2D eigenvalue weighted by atomic mass is 9.48. The molecule has 5 aliphatic carbocycles. The highest BCUT2D eigenvalue weighted by molar-refractivity contribution is 5.91. The van der Waals surface area contributed by atoms with Gasteiger partial charge in [0.15, 0.2) is 17.5 Å². The first-order valence-corrected chi connectivity index (χ1v) is 21.2. The quantitative estimate of drug-likeness (QED) is 0.169. The molecule has 0 amide bonds. The topological polar surface area (TPSA) is 62.5 Å². The van der Waals surface area contributed by atoms with E-state index in [9.17, 15) is 5.26 Å². The van der Waals surface area contributed by atoms with Gasteiger partial charge in [-0.2, -0.15) is 5.26 Å². The zero-order chi connectivity index (χ0) is 39.1. The highest BCUT2D eigenvalue weighted by atomic mass is 15.0. The molecule has 0 radical (unpaired) electrons. The van der Waals surface area contributed by atoms with Crippen molar-refractivity contribution in [1.29, 1.82) is 5.26 Å². The summed E-state index contributed by atoms with van der Waals surface area (Å²) in [6, 6.07) is 61.2. The molecule has 1 unspecified atom stereocenters. The molecule has 4 nitrogen and oxygen atoms in total. The van der Waals surface area contributed by atoms with Gasteiger partial charge in [-0.05, 0) is 130 Å². The van der Waals surface area contributed by atoms with Crippen molar-refractivity contribution in [2.75, 3.05) is 0 Å². The molecule has 4 bridgehead atoms. The maximum Gasteiger partial charge on any atom is 0.164 e. The van der Waals surface area contributed by atoms with Gasteiger partial charge in [-0.25, -0.2) is 15.0 Å². The molecular weight excluding hydrogens is 717 g/mol. The Morgan fingerprint density at radius 2 is 1.02 bits per heavy atom. The largest absolute Gasteiger partial charge is 0.208 e. The van der Waals surface area contributed by atoms with E-state index in [1.807, 2.05) is 60.7 Å². The summed E-state index contributed by atoms with van der Waals surface area (Å²) in [5, 5.41) is 11.6. The van der Waals surface area contributed by atoms with Crippen molar-refractivity contribution in [3.8, 4) is 51.4 Å². The average Bonchev–Trinajstić information content (AvgIpc) is 3.59. The first kappa shape index (κ1) is 34.4. The molecule has 7 aromatic carbocycles. The van der Waals surface area contributed by atoms with Crippen LogP contribution < -0.4 is 0 Å². The minimum absolute atomic E-state index is 0.349. The molecule has 1 heterocycles. The Kier molecular flexibility index (Phi) is 7.66. The molecule has 282 valence electrons. The Morgan fingerprint density at radius 3 is 1.71 bits per heavy atom. The summed E-state index contributed by atoms with van der Waals surface area (Å²) in [6.07, 6.45) is 8.46. The van der Waals surface area contributed by atoms with E-state index in [0.29, 0.717) is 28.5 Å². The van der Waals surface area contributed by atoms with Crippen molar-refractivity contribution in [3.05, 3.63) is 197 Å². The molecule has 0 N–H and O–H groups in total. The van der Waals surface area contributed by atoms with E-state index in [-0.39, 0.29) is 0 Å². The molecule has 59 heavy (non-hydrogen) atoms. The number of hydrogen-bond donors (Lipinski definition) is 0. The van der Waals surface area contributed by atoms with Crippen molar-refractivity contribution >= 4 is 10.8 Å². The lowest BCUT2D eigenvalue weighted by Crippen LogP contribution is -2.48. The lowest BCUT2D eigenvalue weighted by Gasteiger charge is -2.57. The molecule has 5 aliphatic rings. The minimum atomic E-state index is -0.488. The number of nitriles is 1. The minimum Gasteiger partial charge on any atom is -0.208 e. The number of benzene rings is 7. The Bertz CT molecular complexity index is 2950. The van der Waals surface area contributed by atoms with Gasteiger partial charge in [-0.15, -0.1) is 0 Å². The van der Waals surface area contributed by atoms with E-state index in [1.165, 1.54) is 71.9 Å². The highest BCUT2D eigenvalue weighted by Gasteiger charge is 2.52. The number of aromatic nitrogens is 3. The van der Waals surface area contributed by atoms with Gasteiger partial charge in [0, 0.05) is 16.7 Å². The summed E-state index contributed by atoms with van der Waals surface area (Å²) in [4.78, 5) is 15.4. The zero-order valence-corrected chi connectivity index (χ0v) is 32.9. The molecule has 1 aromatic heterocycles. The van der Waals surface area contributed by atoms with Crippen LogP contribution in [0.1, 0.15) is 71.9 Å². The van der Waals surface area contributed by atoms with E-state index in [1.54, 1.807) is 5.56 Å². The van der Waals surface area contributed by atoms with Gasteiger partial charge in [0.2, 0.25) is 0 Å². The first-order chi connectivity index (χ1) is 29.1. The molecule has 0 aliphatic heterocycles. The number of nitrogens with zero attached hydrogens (tertiary/aromatic N) is 4. The van der Waals surface area contributed by atoms with Crippen LogP contribution in [0.25, 0.3) is 56.1 Å².